The van der Waals surface area contributed by atoms with Crippen molar-refractivity contribution in [3.63, 3.8) is 0 Å². The Balaban J connectivity index is 4.60. The summed E-state index contributed by atoms with van der Waals surface area (Å²) in [5.74, 6) is -1.33. The SMILES string of the molecule is CSC(C)(C)[C@H](NC(C)=O)C(=O)O. The summed E-state index contributed by atoms with van der Waals surface area (Å²) in [4.78, 5) is 21.5. The number of amides is 1. The summed E-state index contributed by atoms with van der Waals surface area (Å²) in [5, 5.41) is 11.3. The van der Waals surface area contributed by atoms with Crippen LogP contribution in [0.1, 0.15) is 20.8 Å². The Morgan fingerprint density at radius 3 is 2.15 bits per heavy atom. The quantitative estimate of drug-likeness (QED) is 0.709. The van der Waals surface area contributed by atoms with Gasteiger partial charge in [0, 0.05) is 11.7 Å². The zero-order chi connectivity index (χ0) is 10.6. The van der Waals surface area contributed by atoms with Crippen molar-refractivity contribution in [1.29, 1.82) is 0 Å². The Morgan fingerprint density at radius 2 is 1.92 bits per heavy atom. The van der Waals surface area contributed by atoms with E-state index in [9.17, 15) is 9.59 Å². The Morgan fingerprint density at radius 1 is 1.46 bits per heavy atom. The van der Waals surface area contributed by atoms with Gasteiger partial charge < -0.3 is 10.4 Å². The van der Waals surface area contributed by atoms with Crippen molar-refractivity contribution in [3.05, 3.63) is 0 Å². The van der Waals surface area contributed by atoms with Crippen LogP contribution in [0.5, 0.6) is 0 Å². The molecule has 0 aromatic heterocycles. The molecule has 0 aliphatic rings. The van der Waals surface area contributed by atoms with Crippen LogP contribution in [0.15, 0.2) is 0 Å². The average Bonchev–Trinajstić information content (AvgIpc) is 1.99. The first-order chi connectivity index (χ1) is 5.81. The van der Waals surface area contributed by atoms with Gasteiger partial charge in [0.15, 0.2) is 0 Å². The predicted molar refractivity (Wildman–Crippen MR) is 52.8 cm³/mol. The fraction of sp³-hybridized carbons (Fsp3) is 0.750. The molecule has 0 saturated heterocycles. The summed E-state index contributed by atoms with van der Waals surface area (Å²) < 4.78 is -0.502. The van der Waals surface area contributed by atoms with Gasteiger partial charge in [-0.2, -0.15) is 11.8 Å². The smallest absolute Gasteiger partial charge is 0.327 e. The van der Waals surface area contributed by atoms with E-state index in [2.05, 4.69) is 5.32 Å². The van der Waals surface area contributed by atoms with E-state index in [1.807, 2.05) is 6.26 Å². The fourth-order valence-corrected chi connectivity index (χ4v) is 1.25. The number of carboxylic acids is 1. The van der Waals surface area contributed by atoms with Crippen LogP contribution in [0.2, 0.25) is 0 Å². The van der Waals surface area contributed by atoms with Crippen LogP contribution in [-0.4, -0.2) is 34.0 Å². The van der Waals surface area contributed by atoms with E-state index in [1.165, 1.54) is 18.7 Å². The van der Waals surface area contributed by atoms with Crippen molar-refractivity contribution >= 4 is 23.6 Å². The van der Waals surface area contributed by atoms with E-state index in [0.717, 1.165) is 0 Å². The Kier molecular flexibility index (Phi) is 4.26. The van der Waals surface area contributed by atoms with Crippen LogP contribution in [0, 0.1) is 0 Å². The predicted octanol–water partition coefficient (Wildman–Crippen LogP) is 0.717. The van der Waals surface area contributed by atoms with Crippen LogP contribution in [0.3, 0.4) is 0 Å². The van der Waals surface area contributed by atoms with Gasteiger partial charge >= 0.3 is 5.97 Å². The van der Waals surface area contributed by atoms with Crippen molar-refractivity contribution in [3.8, 4) is 0 Å². The van der Waals surface area contributed by atoms with Crippen LogP contribution in [0.25, 0.3) is 0 Å². The van der Waals surface area contributed by atoms with E-state index in [-0.39, 0.29) is 5.91 Å². The van der Waals surface area contributed by atoms with Gasteiger partial charge in [0.1, 0.15) is 6.04 Å². The molecule has 0 aliphatic carbocycles. The first kappa shape index (κ1) is 12.3. The summed E-state index contributed by atoms with van der Waals surface area (Å²) in [6.45, 7) is 4.88. The second-order valence-electron chi connectivity index (χ2n) is 3.28. The number of thioether (sulfide) groups is 1. The normalized spacial score (nSPS) is 13.5. The molecule has 0 radical (unpaired) electrons. The third-order valence-corrected chi connectivity index (χ3v) is 3.10. The molecule has 0 spiro atoms. The van der Waals surface area contributed by atoms with Crippen molar-refractivity contribution in [2.75, 3.05) is 6.26 Å². The summed E-state index contributed by atoms with van der Waals surface area (Å²) in [6, 6.07) is -0.847. The standard InChI is InChI=1S/C8H15NO3S/c1-5(10)9-6(7(11)12)8(2,3)13-4/h6H,1-4H3,(H,9,10)(H,11,12)/t6-/m1/s1. The minimum Gasteiger partial charge on any atom is -0.480 e. The number of carboxylic acid groups (broad SMARTS) is 1. The minimum absolute atomic E-state index is 0.325. The van der Waals surface area contributed by atoms with Gasteiger partial charge in [0.05, 0.1) is 0 Å². The molecular weight excluding hydrogens is 190 g/mol. The summed E-state index contributed by atoms with van der Waals surface area (Å²) >= 11 is 1.41. The highest BCUT2D eigenvalue weighted by atomic mass is 32.2. The molecule has 5 heteroatoms. The van der Waals surface area contributed by atoms with Gasteiger partial charge in [-0.05, 0) is 20.1 Å². The third kappa shape index (κ3) is 3.67. The number of rotatable bonds is 4. The maximum absolute atomic E-state index is 10.8. The Bertz CT molecular complexity index is 215. The van der Waals surface area contributed by atoms with Crippen LogP contribution in [0.4, 0.5) is 0 Å². The lowest BCUT2D eigenvalue weighted by atomic mass is 10.0. The molecule has 4 nitrogen and oxygen atoms in total. The molecule has 1 atom stereocenters. The van der Waals surface area contributed by atoms with Crippen molar-refractivity contribution < 1.29 is 14.7 Å². The molecule has 0 aromatic rings. The fourth-order valence-electron chi connectivity index (χ4n) is 0.854. The highest BCUT2D eigenvalue weighted by molar-refractivity contribution is 8.00. The van der Waals surface area contributed by atoms with Gasteiger partial charge in [-0.25, -0.2) is 4.79 Å². The maximum atomic E-state index is 10.8. The van der Waals surface area contributed by atoms with Crippen LogP contribution >= 0.6 is 11.8 Å². The monoisotopic (exact) mass is 205 g/mol. The topological polar surface area (TPSA) is 66.4 Å². The number of hydrogen-bond acceptors (Lipinski definition) is 3. The number of carbonyl (C=O) groups is 2. The molecule has 0 aromatic carbocycles. The van der Waals surface area contributed by atoms with Gasteiger partial charge in [0.25, 0.3) is 0 Å². The molecule has 2 N–H and O–H groups in total. The van der Waals surface area contributed by atoms with Gasteiger partial charge in [-0.15, -0.1) is 0 Å². The van der Waals surface area contributed by atoms with E-state index >= 15 is 0 Å². The molecule has 0 bridgehead atoms. The van der Waals surface area contributed by atoms with E-state index < -0.39 is 16.8 Å². The van der Waals surface area contributed by atoms with Crippen LogP contribution < -0.4 is 5.32 Å². The average molecular weight is 205 g/mol. The Hall–Kier alpha value is -0.710. The van der Waals surface area contributed by atoms with Gasteiger partial charge in [-0.3, -0.25) is 4.79 Å². The second kappa shape index (κ2) is 4.50. The van der Waals surface area contributed by atoms with E-state index in [1.54, 1.807) is 13.8 Å². The molecule has 1 amide bonds. The number of aliphatic carboxylic acids is 1. The molecule has 0 unspecified atom stereocenters. The number of hydrogen-bond donors (Lipinski definition) is 2. The van der Waals surface area contributed by atoms with Crippen molar-refractivity contribution in [2.24, 2.45) is 0 Å². The first-order valence-corrected chi connectivity index (χ1v) is 5.08. The van der Waals surface area contributed by atoms with E-state index in [4.69, 9.17) is 5.11 Å². The molecule has 0 rings (SSSR count). The molecule has 0 aliphatic heterocycles. The molecule has 0 saturated carbocycles. The number of carbonyl (C=O) groups excluding carboxylic acids is 1. The number of nitrogens with one attached hydrogen (secondary N) is 1. The molecular formula is C8H15NO3S. The molecule has 13 heavy (non-hydrogen) atoms. The minimum atomic E-state index is -1.01. The van der Waals surface area contributed by atoms with Gasteiger partial charge in [-0.1, -0.05) is 0 Å². The summed E-state index contributed by atoms with van der Waals surface area (Å²) in [6.07, 6.45) is 1.82. The highest BCUT2D eigenvalue weighted by Gasteiger charge is 2.35. The second-order valence-corrected chi connectivity index (χ2v) is 4.74. The zero-order valence-corrected chi connectivity index (χ0v) is 9.07. The zero-order valence-electron chi connectivity index (χ0n) is 8.25. The van der Waals surface area contributed by atoms with Crippen LogP contribution in [-0.2, 0) is 9.59 Å². The molecule has 0 heterocycles. The van der Waals surface area contributed by atoms with Crippen molar-refractivity contribution in [2.45, 2.75) is 31.6 Å². The Labute approximate surface area is 82.1 Å². The molecule has 0 fully saturated rings. The summed E-state index contributed by atoms with van der Waals surface area (Å²) in [5.41, 5.74) is 0. The van der Waals surface area contributed by atoms with Crippen molar-refractivity contribution in [1.82, 2.24) is 5.32 Å². The first-order valence-electron chi connectivity index (χ1n) is 3.86. The lowest BCUT2D eigenvalue weighted by Gasteiger charge is -2.29. The molecule has 76 valence electrons. The largest absolute Gasteiger partial charge is 0.480 e. The highest BCUT2D eigenvalue weighted by Crippen LogP contribution is 2.25. The van der Waals surface area contributed by atoms with E-state index in [0.29, 0.717) is 0 Å². The lowest BCUT2D eigenvalue weighted by Crippen LogP contribution is -2.51. The maximum Gasteiger partial charge on any atom is 0.327 e. The van der Waals surface area contributed by atoms with Gasteiger partial charge in [0.2, 0.25) is 5.91 Å². The lowest BCUT2D eigenvalue weighted by molar-refractivity contribution is -0.142. The summed E-state index contributed by atoms with van der Waals surface area (Å²) in [7, 11) is 0. The third-order valence-electron chi connectivity index (χ3n) is 1.82.